The molecule has 4 aliphatic heterocycles. The number of aromatic hydroxyl groups is 1. The van der Waals surface area contributed by atoms with E-state index < -0.39 is 108 Å². The molecule has 0 aliphatic carbocycles. The Morgan fingerprint density at radius 1 is 0.434 bits per heavy atom. The Hall–Kier alpha value is -9.03. The van der Waals surface area contributed by atoms with E-state index in [1.807, 2.05) is 43.4 Å². The number of sulfonamides is 2. The lowest BCUT2D eigenvalue weighted by Gasteiger charge is -2.25. The molecule has 8 aromatic carbocycles. The Labute approximate surface area is 884 Å². The smallest absolute Gasteiger partial charge is 0.504 e. The van der Waals surface area contributed by atoms with E-state index in [9.17, 15) is 123 Å². The number of ether oxygens (including phenoxy) is 4. The standard InChI is InChI=1S/C18H15P.C15H17BN2O4S.C14H18N2O3S.C12H10F3NO6S2.C11H11NO4S.C8H5F6NO4S2.C4H7BINO.C4H8BNO2.ClH.I2/c1-4-10-16(11-5-1)19(17-12-6-2-7-13-17)18-14-8-3-9-15-18;1-18(14(16)20)6-5-10-7-9(3-4-11(10)22-2)8-12-13(19)17-15(21)23-12;1-15-6-5-10-7-9(3-4-11(10)19-2)8-12-13(17)16-14(18)20-12;1-21-7-3-2-6(5-9-10(17)16-11(18)23-9)4-8(7)22-24(19,20)12(13,14)15;1-16-8-3-2-6(4-7(8)13)5-9-10(14)12-11(15)17-9;9-7(10,11)20(16,17)15(6-4-2-1-3-5-6)21(18,19)8(12,13)14;1-7(3-2-6)4(5)8;1-6(2-3-7)4(5)8;;1-2/h1-15H;3-4,7,12H,5-6,8H2,1-2H3,(H,17,19,21);3-4,7,12,15H,5-6,8H2,1-2H3,(H,16,17,18);2-4,9H,5H2,1H3,(H,16,17,18);2-4,9,13H,5H2,1H3,(H,12,14,15);1-5H;2-3H2,1H3;7H,2-3H2,1H3;1H;. The van der Waals surface area contributed by atoms with Crippen LogP contribution in [0.3, 0.4) is 0 Å². The average molecular weight is 2510 g/mol. The molecule has 57 heteroatoms. The van der Waals surface area contributed by atoms with E-state index in [0.717, 1.165) is 136 Å². The number of nitrogens with one attached hydrogen (secondary N) is 5. The number of likely N-dealkylation sites (N-methyl/N-ethyl adjacent to an activating group) is 3. The van der Waals surface area contributed by atoms with Crippen LogP contribution in [-0.4, -0.2) is 267 Å². The topological polar surface area (TPSA) is 450 Å². The van der Waals surface area contributed by atoms with E-state index in [2.05, 4.69) is 182 Å². The van der Waals surface area contributed by atoms with E-state index in [1.165, 1.54) is 63.0 Å². The Morgan fingerprint density at radius 3 is 1.01 bits per heavy atom. The first-order valence-electron chi connectivity index (χ1n) is 40.5. The monoisotopic (exact) mass is 2510 g/mol. The minimum atomic E-state index is -6.81. The minimum absolute atomic E-state index is 0. The Balaban J connectivity index is 0.000000426. The number of benzene rings is 8. The number of hydrogen-bond donors (Lipinski definition) is 7. The summed E-state index contributed by atoms with van der Waals surface area (Å²) < 4.78 is 202. The summed E-state index contributed by atoms with van der Waals surface area (Å²) >= 11 is 10.2. The van der Waals surface area contributed by atoms with Crippen molar-refractivity contribution in [2.45, 2.75) is 76.0 Å². The van der Waals surface area contributed by atoms with Gasteiger partial charge in [-0.2, -0.15) is 64.8 Å². The zero-order chi connectivity index (χ0) is 107. The van der Waals surface area contributed by atoms with Crippen LogP contribution < -0.4 is 69.3 Å². The molecule has 4 unspecified atom stereocenters. The molecule has 4 fully saturated rings. The van der Waals surface area contributed by atoms with Crippen LogP contribution in [0.4, 0.5) is 78.8 Å². The molecule has 0 spiro atoms. The van der Waals surface area contributed by atoms with Crippen LogP contribution in [0.15, 0.2) is 194 Å². The van der Waals surface area contributed by atoms with E-state index in [0.29, 0.717) is 68.0 Å². The molecule has 4 heterocycles. The van der Waals surface area contributed by atoms with E-state index in [4.69, 9.17) is 47.6 Å². The fourth-order valence-electron chi connectivity index (χ4n) is 11.7. The number of imide groups is 4. The van der Waals surface area contributed by atoms with Gasteiger partial charge in [-0.3, -0.25) is 74.0 Å². The first-order valence-corrected chi connectivity index (χ1v) is 57.5. The van der Waals surface area contributed by atoms with E-state index >= 15 is 0 Å². The summed E-state index contributed by atoms with van der Waals surface area (Å²) in [4.78, 5) is 126. The van der Waals surface area contributed by atoms with Gasteiger partial charge in [-0.15, -0.1) is 16.1 Å². The lowest BCUT2D eigenvalue weighted by atomic mass is 10.0. The molecule has 8 aromatic rings. The van der Waals surface area contributed by atoms with Gasteiger partial charge in [0.1, 0.15) is 11.5 Å². The third-order valence-electron chi connectivity index (χ3n) is 18.8. The van der Waals surface area contributed by atoms with Crippen molar-refractivity contribution in [2.75, 3.05) is 97.6 Å². The minimum Gasteiger partial charge on any atom is -0.504 e. The van der Waals surface area contributed by atoms with Crippen molar-refractivity contribution in [1.82, 2.24) is 41.3 Å². The molecule has 6 radical (unpaired) electrons. The third-order valence-corrected chi connectivity index (χ3v) is 30.2. The van der Waals surface area contributed by atoms with Crippen LogP contribution in [0.2, 0.25) is 0 Å². The molecule has 0 saturated carbocycles. The molecular weight excluding hydrogens is 2420 g/mol. The fraction of sp³-hybridized carbons (Fsp3) is 0.314. The van der Waals surface area contributed by atoms with Gasteiger partial charge in [0, 0.05) is 82.4 Å². The number of aliphatic hydroxyl groups excluding tert-OH is 1. The highest BCUT2D eigenvalue weighted by Crippen LogP contribution is 2.41. The maximum absolute atomic E-state index is 12.4. The predicted molar refractivity (Wildman–Crippen MR) is 562 cm³/mol. The summed E-state index contributed by atoms with van der Waals surface area (Å²) in [5.41, 5.74) is -14.3. The van der Waals surface area contributed by atoms with Crippen molar-refractivity contribution in [3.8, 4) is 34.5 Å². The van der Waals surface area contributed by atoms with Crippen LogP contribution >= 0.6 is 127 Å². The number of nitrogens with zero attached hydrogens (tertiary/aromatic N) is 4. The average Bonchev–Trinajstić information content (AvgIpc) is 1.14. The number of anilines is 1. The van der Waals surface area contributed by atoms with Gasteiger partial charge < -0.3 is 53.4 Å². The molecule has 4 aliphatic rings. The Morgan fingerprint density at radius 2 is 0.734 bits per heavy atom. The number of alkyl halides is 10. The molecule has 772 valence electrons. The molecule has 33 nitrogen and oxygen atoms in total. The number of carbonyl (C=O) groups is 11. The summed E-state index contributed by atoms with van der Waals surface area (Å²) in [6, 6.07) is 56.3. The van der Waals surface area contributed by atoms with Gasteiger partial charge in [0.05, 0.1) is 61.7 Å². The summed E-state index contributed by atoms with van der Waals surface area (Å²) in [5.74, 6) is -1.56. The first-order chi connectivity index (χ1) is 66.7. The lowest BCUT2D eigenvalue weighted by Crippen LogP contribution is -2.49. The number of rotatable bonds is 30. The normalized spacial score (nSPS) is 15.1. The largest absolute Gasteiger partial charge is 0.534 e. The van der Waals surface area contributed by atoms with Crippen LogP contribution in [0.1, 0.15) is 33.4 Å². The highest BCUT2D eigenvalue weighted by molar-refractivity contribution is 15.0. The second kappa shape index (κ2) is 62.2. The van der Waals surface area contributed by atoms with Crippen molar-refractivity contribution in [3.63, 3.8) is 0 Å². The highest BCUT2D eigenvalue weighted by atomic mass is 128. The molecular formula is C86H92B3ClF9I3N9O24PS7. The Bertz CT molecular complexity index is 5810. The second-order valence-electron chi connectivity index (χ2n) is 28.7. The van der Waals surface area contributed by atoms with E-state index in [1.54, 1.807) is 40.4 Å². The summed E-state index contributed by atoms with van der Waals surface area (Å²) in [6.07, 6.45) is 2.86. The molecule has 0 aromatic heterocycles. The van der Waals surface area contributed by atoms with Crippen LogP contribution in [0.5, 0.6) is 34.5 Å². The number of thioether (sulfide) groups is 4. The van der Waals surface area contributed by atoms with Gasteiger partial charge in [0.2, 0.25) is 47.2 Å². The molecule has 12 rings (SSSR count). The number of para-hydroxylation sites is 1. The van der Waals surface area contributed by atoms with Gasteiger partial charge in [-0.25, -0.2) is 0 Å². The molecule has 4 saturated heterocycles. The number of carbonyl (C=O) groups excluding carboxylic acids is 11. The SMILES string of the molecule is CNCCc1cc(CC2SC(=O)NC2=O)ccc1OC.COc1ccc(CC2SC(=O)NC2=O)cc1O.COc1ccc(CC2SC(=O)NC2=O)cc1OS(=O)(=O)C(F)(F)F.Cl.II.O=S(=O)(N(c1ccccc1)S(=O)(=O)C(F)(F)F)C(F)(F)F.[B]C(=O)N(C)CCI.[B]C(=O)N(C)CCO.[B]C(=O)N(C)CCc1cc(CC2SC(=O)NC2=O)ccc1OC.c1ccc(P(c2ccccc2)c2ccccc2)cc1. The van der Waals surface area contributed by atoms with Crippen molar-refractivity contribution < 1.29 is 151 Å². The molecule has 11 amide bonds. The summed E-state index contributed by atoms with van der Waals surface area (Å²) in [7, 11) is 7.55. The first kappa shape index (κ1) is 128. The molecule has 0 bridgehead atoms. The number of aliphatic hydroxyl groups is 1. The Kier molecular flexibility index (Phi) is 55.7. The highest BCUT2D eigenvalue weighted by Gasteiger charge is 2.62. The maximum atomic E-state index is 12.4. The maximum Gasteiger partial charge on any atom is 0.534 e. The van der Waals surface area contributed by atoms with Gasteiger partial charge in [-0.05, 0) is 158 Å². The number of phenols is 1. The number of amides is 11. The van der Waals surface area contributed by atoms with Crippen molar-refractivity contribution >= 4 is 265 Å². The molecule has 7 N–H and O–H groups in total. The van der Waals surface area contributed by atoms with Gasteiger partial charge >= 0.3 is 46.7 Å². The number of methoxy groups -OCH3 is 4. The predicted octanol–water partition coefficient (Wildman–Crippen LogP) is 13.5. The zero-order valence-corrected chi connectivity index (χ0v) is 90.3. The molecule has 4 atom stereocenters. The lowest BCUT2D eigenvalue weighted by molar-refractivity contribution is -0.119. The third kappa shape index (κ3) is 41.7. The molecule has 143 heavy (non-hydrogen) atoms. The fourth-order valence-corrected chi connectivity index (χ4v) is 21.3. The van der Waals surface area contributed by atoms with Crippen LogP contribution in [0, 0.1) is 0 Å². The van der Waals surface area contributed by atoms with Crippen molar-refractivity contribution in [3.05, 3.63) is 228 Å². The van der Waals surface area contributed by atoms with E-state index in [-0.39, 0.29) is 81.4 Å². The number of hydrogen-bond acceptors (Lipinski definition) is 29. The zero-order valence-electron chi connectivity index (χ0n) is 76.4. The van der Waals surface area contributed by atoms with Crippen LogP contribution in [0.25, 0.3) is 0 Å². The van der Waals surface area contributed by atoms with Gasteiger partial charge in [0.15, 0.2) is 40.4 Å². The van der Waals surface area contributed by atoms with Gasteiger partial charge in [0.25, 0.3) is 21.0 Å². The van der Waals surface area contributed by atoms with Crippen molar-refractivity contribution in [1.29, 1.82) is 0 Å². The van der Waals surface area contributed by atoms with Gasteiger partial charge in [-0.1, -0.05) is 215 Å². The second-order valence-corrected chi connectivity index (χ2v) is 42.0. The summed E-state index contributed by atoms with van der Waals surface area (Å²) in [6.45, 7) is 2.31. The van der Waals surface area contributed by atoms with Crippen molar-refractivity contribution in [2.24, 2.45) is 0 Å². The number of phenolic OH excluding ortho intramolecular Hbond substituents is 1. The summed E-state index contributed by atoms with van der Waals surface area (Å²) in [5, 5.41) is 30.7. The van der Waals surface area contributed by atoms with Crippen LogP contribution in [-0.2, 0) is 87.9 Å². The quantitative estimate of drug-likeness (QED) is 0.00418. The number of halogens is 13.